The number of hydrogen-bond donors (Lipinski definition) is 3. The number of nitrogens with two attached hydrogens (primary N) is 1. The van der Waals surface area contributed by atoms with Crippen molar-refractivity contribution in [3.8, 4) is 17.1 Å². The highest BCUT2D eigenvalue weighted by Gasteiger charge is 2.21. The largest absolute Gasteiger partial charge is 0.493 e. The second-order valence-corrected chi connectivity index (χ2v) is 6.62. The van der Waals surface area contributed by atoms with Gasteiger partial charge in [0.25, 0.3) is 5.91 Å². The number of carbonyl (C=O) groups excluding carboxylic acids is 1. The number of aromatic amines is 1. The van der Waals surface area contributed by atoms with Gasteiger partial charge in [-0.15, -0.1) is 12.4 Å². The fraction of sp³-hybridized carbons (Fsp3) is 0.250. The van der Waals surface area contributed by atoms with Crippen molar-refractivity contribution >= 4 is 24.0 Å². The van der Waals surface area contributed by atoms with Gasteiger partial charge in [-0.05, 0) is 67.3 Å². The average molecular weight is 400 g/mol. The van der Waals surface area contributed by atoms with Gasteiger partial charge in [0.15, 0.2) is 5.82 Å². The lowest BCUT2D eigenvalue weighted by Crippen LogP contribution is -2.11. The quantitative estimate of drug-likeness (QED) is 0.564. The van der Waals surface area contributed by atoms with Gasteiger partial charge in [-0.2, -0.15) is 5.10 Å². The van der Waals surface area contributed by atoms with E-state index in [1.807, 2.05) is 36.4 Å². The summed E-state index contributed by atoms with van der Waals surface area (Å²) < 4.78 is 5.69. The number of anilines is 1. The maximum absolute atomic E-state index is 12.4. The highest BCUT2D eigenvalue weighted by molar-refractivity contribution is 6.04. The Morgan fingerprint density at radius 2 is 1.86 bits per heavy atom. The van der Waals surface area contributed by atoms with Gasteiger partial charge >= 0.3 is 0 Å². The molecule has 3 aromatic rings. The van der Waals surface area contributed by atoms with Crippen LogP contribution in [0.25, 0.3) is 11.4 Å². The Morgan fingerprint density at radius 1 is 1.14 bits per heavy atom. The Bertz CT molecular complexity index is 921. The van der Waals surface area contributed by atoms with Gasteiger partial charge in [-0.3, -0.25) is 9.89 Å². The lowest BCUT2D eigenvalue weighted by Gasteiger charge is -2.08. The molecular weight excluding hydrogens is 378 g/mol. The molecule has 1 aromatic heterocycles. The first kappa shape index (κ1) is 19.9. The Labute approximate surface area is 169 Å². The first-order valence-corrected chi connectivity index (χ1v) is 8.97. The number of benzene rings is 2. The van der Waals surface area contributed by atoms with Gasteiger partial charge in [0, 0.05) is 16.8 Å². The molecule has 4 rings (SSSR count). The van der Waals surface area contributed by atoms with E-state index in [4.69, 9.17) is 10.5 Å². The zero-order valence-corrected chi connectivity index (χ0v) is 16.0. The van der Waals surface area contributed by atoms with Gasteiger partial charge in [-0.1, -0.05) is 0 Å². The molecule has 1 amide bonds. The minimum absolute atomic E-state index is 0. The number of hydrogen-bond acceptors (Lipinski definition) is 5. The summed E-state index contributed by atoms with van der Waals surface area (Å²) in [6, 6.07) is 14.6. The number of nitrogens with one attached hydrogen (secondary N) is 2. The van der Waals surface area contributed by atoms with Crippen LogP contribution in [-0.4, -0.2) is 27.7 Å². The van der Waals surface area contributed by atoms with Crippen LogP contribution in [0.4, 0.5) is 5.69 Å². The zero-order chi connectivity index (χ0) is 18.6. The Morgan fingerprint density at radius 3 is 2.46 bits per heavy atom. The number of H-pyrrole nitrogens is 1. The van der Waals surface area contributed by atoms with E-state index >= 15 is 0 Å². The van der Waals surface area contributed by atoms with Crippen LogP contribution in [0.3, 0.4) is 0 Å². The van der Waals surface area contributed by atoms with Gasteiger partial charge < -0.3 is 15.8 Å². The van der Waals surface area contributed by atoms with Crippen LogP contribution in [0, 0.1) is 5.92 Å². The molecule has 0 saturated heterocycles. The van der Waals surface area contributed by atoms with Crippen molar-refractivity contribution in [3.63, 3.8) is 0 Å². The number of amides is 1. The number of rotatable bonds is 7. The molecule has 28 heavy (non-hydrogen) atoms. The van der Waals surface area contributed by atoms with E-state index in [0.29, 0.717) is 35.4 Å². The van der Waals surface area contributed by atoms with Crippen molar-refractivity contribution in [2.45, 2.75) is 19.4 Å². The molecule has 2 aromatic carbocycles. The molecule has 146 valence electrons. The molecule has 0 aliphatic heterocycles. The normalized spacial score (nSPS) is 12.9. The van der Waals surface area contributed by atoms with Crippen LogP contribution in [0.15, 0.2) is 48.5 Å². The van der Waals surface area contributed by atoms with Crippen LogP contribution in [0.1, 0.15) is 29.0 Å². The second-order valence-electron chi connectivity index (χ2n) is 6.62. The first-order valence-electron chi connectivity index (χ1n) is 8.97. The van der Waals surface area contributed by atoms with Crippen molar-refractivity contribution in [3.05, 3.63) is 59.9 Å². The Hall–Kier alpha value is -2.90. The predicted molar refractivity (Wildman–Crippen MR) is 110 cm³/mol. The topological polar surface area (TPSA) is 106 Å². The summed E-state index contributed by atoms with van der Waals surface area (Å²) in [4.78, 5) is 16.7. The van der Waals surface area contributed by atoms with Gasteiger partial charge in [0.05, 0.1) is 13.2 Å². The van der Waals surface area contributed by atoms with E-state index in [0.717, 1.165) is 17.9 Å². The molecule has 4 N–H and O–H groups in total. The van der Waals surface area contributed by atoms with E-state index in [9.17, 15) is 4.79 Å². The number of ether oxygens (including phenoxy) is 1. The first-order chi connectivity index (χ1) is 13.2. The van der Waals surface area contributed by atoms with Crippen molar-refractivity contribution in [1.29, 1.82) is 0 Å². The lowest BCUT2D eigenvalue weighted by molar-refractivity contribution is 0.102. The summed E-state index contributed by atoms with van der Waals surface area (Å²) in [5.41, 5.74) is 7.66. The zero-order valence-electron chi connectivity index (χ0n) is 15.2. The maximum Gasteiger partial charge on any atom is 0.255 e. The second kappa shape index (κ2) is 8.86. The number of halogens is 1. The predicted octanol–water partition coefficient (Wildman–Crippen LogP) is 3.39. The summed E-state index contributed by atoms with van der Waals surface area (Å²) in [6.45, 7) is 1.07. The molecule has 1 fully saturated rings. The number of aromatic nitrogens is 3. The third kappa shape index (κ3) is 4.88. The standard InChI is InChI=1S/C20H21N5O2.ClH/c21-11-18-23-19(25-24-18)14-3-7-16(8-4-14)22-20(26)15-5-9-17(10-6-15)27-12-13-1-2-13;/h3-10,13H,1-2,11-12,21H2,(H,22,26)(H,23,24,25);1H. The highest BCUT2D eigenvalue weighted by Crippen LogP contribution is 2.29. The number of carbonyl (C=O) groups is 1. The molecule has 0 radical (unpaired) electrons. The highest BCUT2D eigenvalue weighted by atomic mass is 35.5. The van der Waals surface area contributed by atoms with Crippen LogP contribution >= 0.6 is 12.4 Å². The van der Waals surface area contributed by atoms with E-state index in [-0.39, 0.29) is 18.3 Å². The summed E-state index contributed by atoms with van der Waals surface area (Å²) in [7, 11) is 0. The molecule has 1 aliphatic rings. The minimum atomic E-state index is -0.167. The Balaban J connectivity index is 0.00000225. The van der Waals surface area contributed by atoms with Crippen molar-refractivity contribution in [1.82, 2.24) is 15.2 Å². The summed E-state index contributed by atoms with van der Waals surface area (Å²) in [5, 5.41) is 9.78. The van der Waals surface area contributed by atoms with Crippen LogP contribution in [0.5, 0.6) is 5.75 Å². The molecule has 0 atom stereocenters. The van der Waals surface area contributed by atoms with Gasteiger partial charge in [-0.25, -0.2) is 4.98 Å². The van der Waals surface area contributed by atoms with Gasteiger partial charge in [0.1, 0.15) is 11.6 Å². The van der Waals surface area contributed by atoms with Gasteiger partial charge in [0.2, 0.25) is 0 Å². The molecule has 0 spiro atoms. The van der Waals surface area contributed by atoms with E-state index < -0.39 is 0 Å². The molecule has 1 heterocycles. The summed E-state index contributed by atoms with van der Waals surface area (Å²) in [6.07, 6.45) is 2.51. The molecule has 8 heteroatoms. The van der Waals surface area contributed by atoms with E-state index in [1.165, 1.54) is 12.8 Å². The smallest absolute Gasteiger partial charge is 0.255 e. The van der Waals surface area contributed by atoms with Crippen molar-refractivity contribution < 1.29 is 9.53 Å². The molecule has 0 unspecified atom stereocenters. The fourth-order valence-electron chi connectivity index (χ4n) is 2.62. The molecule has 0 bridgehead atoms. The van der Waals surface area contributed by atoms with E-state index in [2.05, 4.69) is 20.5 Å². The fourth-order valence-corrected chi connectivity index (χ4v) is 2.62. The van der Waals surface area contributed by atoms with Crippen molar-refractivity contribution in [2.24, 2.45) is 11.7 Å². The van der Waals surface area contributed by atoms with Crippen LogP contribution in [0.2, 0.25) is 0 Å². The summed E-state index contributed by atoms with van der Waals surface area (Å²) >= 11 is 0. The average Bonchev–Trinajstić information content (AvgIpc) is 3.42. The lowest BCUT2D eigenvalue weighted by atomic mass is 10.1. The SMILES string of the molecule is Cl.NCc1nc(-c2ccc(NC(=O)c3ccc(OCC4CC4)cc3)cc2)n[nH]1. The minimum Gasteiger partial charge on any atom is -0.493 e. The van der Waals surface area contributed by atoms with Crippen molar-refractivity contribution in [2.75, 3.05) is 11.9 Å². The van der Waals surface area contributed by atoms with Crippen LogP contribution < -0.4 is 15.8 Å². The Kier molecular flexibility index (Phi) is 6.28. The van der Waals surface area contributed by atoms with Crippen LogP contribution in [-0.2, 0) is 6.54 Å². The summed E-state index contributed by atoms with van der Waals surface area (Å²) in [5.74, 6) is 2.54. The number of nitrogens with zero attached hydrogens (tertiary/aromatic N) is 2. The van der Waals surface area contributed by atoms with E-state index in [1.54, 1.807) is 12.1 Å². The molecular formula is C20H22ClN5O2. The third-order valence-corrected chi connectivity index (χ3v) is 4.43. The third-order valence-electron chi connectivity index (χ3n) is 4.43. The monoisotopic (exact) mass is 399 g/mol. The molecule has 1 saturated carbocycles. The molecule has 1 aliphatic carbocycles. The molecule has 7 nitrogen and oxygen atoms in total. The maximum atomic E-state index is 12.4.